The molecule has 0 atom stereocenters. The summed E-state index contributed by atoms with van der Waals surface area (Å²) in [5.41, 5.74) is 2.44. The molecule has 0 saturated carbocycles. The van der Waals surface area contributed by atoms with Crippen LogP contribution in [-0.4, -0.2) is 59.7 Å². The second-order valence-electron chi connectivity index (χ2n) is 6.72. The van der Waals surface area contributed by atoms with E-state index in [2.05, 4.69) is 5.32 Å². The monoisotopic (exact) mass is 384 g/mol. The lowest BCUT2D eigenvalue weighted by Crippen LogP contribution is -2.35. The standard InChI is InChI=1S/C22H28N2O4/c1-17-9-10-20(19(15-17)22(28)18-7-3-2-4-8-18)23-21(27)16-24(11-5-13-25)12-6-14-26/h2-4,7-10,15,25-26H,5-6,11-14,16H2,1H3,(H,23,27). The van der Waals surface area contributed by atoms with Crippen molar-refractivity contribution in [3.63, 3.8) is 0 Å². The minimum absolute atomic E-state index is 0.0466. The summed E-state index contributed by atoms with van der Waals surface area (Å²) in [6, 6.07) is 14.3. The quantitative estimate of drug-likeness (QED) is 0.517. The molecule has 0 spiro atoms. The van der Waals surface area contributed by atoms with Gasteiger partial charge in [-0.1, -0.05) is 42.0 Å². The zero-order valence-corrected chi connectivity index (χ0v) is 16.2. The average molecular weight is 384 g/mol. The highest BCUT2D eigenvalue weighted by Crippen LogP contribution is 2.21. The van der Waals surface area contributed by atoms with E-state index in [-0.39, 0.29) is 31.4 Å². The van der Waals surface area contributed by atoms with Gasteiger partial charge < -0.3 is 15.5 Å². The predicted octanol–water partition coefficient (Wildman–Crippen LogP) is 2.23. The van der Waals surface area contributed by atoms with Gasteiger partial charge in [0.1, 0.15) is 0 Å². The highest BCUT2D eigenvalue weighted by Gasteiger charge is 2.17. The number of nitrogens with zero attached hydrogens (tertiary/aromatic N) is 1. The number of anilines is 1. The third kappa shape index (κ3) is 6.56. The van der Waals surface area contributed by atoms with E-state index in [0.29, 0.717) is 42.7 Å². The first kappa shape index (κ1) is 21.8. The van der Waals surface area contributed by atoms with Crippen LogP contribution in [0.4, 0.5) is 5.69 Å². The third-order valence-corrected chi connectivity index (χ3v) is 4.36. The summed E-state index contributed by atoms with van der Waals surface area (Å²) >= 11 is 0. The third-order valence-electron chi connectivity index (χ3n) is 4.36. The second-order valence-corrected chi connectivity index (χ2v) is 6.72. The van der Waals surface area contributed by atoms with Gasteiger partial charge >= 0.3 is 0 Å². The number of hydrogen-bond donors (Lipinski definition) is 3. The molecule has 2 aromatic rings. The fourth-order valence-electron chi connectivity index (χ4n) is 2.95. The molecule has 6 nitrogen and oxygen atoms in total. The minimum Gasteiger partial charge on any atom is -0.396 e. The topological polar surface area (TPSA) is 89.9 Å². The summed E-state index contributed by atoms with van der Waals surface area (Å²) in [5, 5.41) is 20.9. The number of amides is 1. The summed E-state index contributed by atoms with van der Waals surface area (Å²) in [6.07, 6.45) is 1.11. The zero-order valence-electron chi connectivity index (χ0n) is 16.2. The number of hydrogen-bond acceptors (Lipinski definition) is 5. The van der Waals surface area contributed by atoms with E-state index in [0.717, 1.165) is 5.56 Å². The van der Waals surface area contributed by atoms with Gasteiger partial charge in [-0.2, -0.15) is 0 Å². The Bertz CT molecular complexity index is 769. The fraction of sp³-hybridized carbons (Fsp3) is 0.364. The van der Waals surface area contributed by atoms with Crippen LogP contribution < -0.4 is 5.32 Å². The first-order valence-electron chi connectivity index (χ1n) is 9.49. The van der Waals surface area contributed by atoms with Gasteiger partial charge in [0.2, 0.25) is 5.91 Å². The van der Waals surface area contributed by atoms with Gasteiger partial charge in [-0.05, 0) is 31.9 Å². The Hall–Kier alpha value is -2.54. The SMILES string of the molecule is Cc1ccc(NC(=O)CN(CCCO)CCCO)c(C(=O)c2ccccc2)c1. The molecule has 2 rings (SSSR count). The normalized spacial score (nSPS) is 10.9. The highest BCUT2D eigenvalue weighted by atomic mass is 16.3. The van der Waals surface area contributed by atoms with Gasteiger partial charge in [0.05, 0.1) is 12.2 Å². The van der Waals surface area contributed by atoms with Crippen molar-refractivity contribution in [1.29, 1.82) is 0 Å². The summed E-state index contributed by atoms with van der Waals surface area (Å²) in [4.78, 5) is 27.3. The first-order chi connectivity index (χ1) is 13.5. The molecule has 6 heteroatoms. The van der Waals surface area contributed by atoms with Crippen molar-refractivity contribution in [2.24, 2.45) is 0 Å². The molecule has 28 heavy (non-hydrogen) atoms. The van der Waals surface area contributed by atoms with E-state index in [1.807, 2.05) is 36.1 Å². The Morgan fingerprint density at radius 2 is 1.61 bits per heavy atom. The van der Waals surface area contributed by atoms with Crippen LogP contribution >= 0.6 is 0 Å². The molecule has 0 radical (unpaired) electrons. The molecule has 0 bridgehead atoms. The van der Waals surface area contributed by atoms with Gasteiger partial charge in [-0.15, -0.1) is 0 Å². The lowest BCUT2D eigenvalue weighted by atomic mass is 9.99. The smallest absolute Gasteiger partial charge is 0.238 e. The maximum absolute atomic E-state index is 12.9. The Morgan fingerprint density at radius 1 is 0.964 bits per heavy atom. The number of nitrogens with one attached hydrogen (secondary N) is 1. The van der Waals surface area contributed by atoms with E-state index in [4.69, 9.17) is 10.2 Å². The average Bonchev–Trinajstić information content (AvgIpc) is 2.71. The number of aryl methyl sites for hydroxylation is 1. The number of rotatable bonds is 11. The second kappa shape index (κ2) is 11.3. The predicted molar refractivity (Wildman–Crippen MR) is 110 cm³/mol. The van der Waals surface area contributed by atoms with Crippen molar-refractivity contribution in [1.82, 2.24) is 4.90 Å². The van der Waals surface area contributed by atoms with Crippen molar-refractivity contribution in [3.8, 4) is 0 Å². The Morgan fingerprint density at radius 3 is 2.21 bits per heavy atom. The highest BCUT2D eigenvalue weighted by molar-refractivity contribution is 6.14. The minimum atomic E-state index is -0.234. The van der Waals surface area contributed by atoms with Gasteiger partial charge in [0.25, 0.3) is 0 Å². The molecular formula is C22H28N2O4. The number of carbonyl (C=O) groups is 2. The van der Waals surface area contributed by atoms with Gasteiger partial charge in [0, 0.05) is 37.4 Å². The fourth-order valence-corrected chi connectivity index (χ4v) is 2.95. The van der Waals surface area contributed by atoms with E-state index in [1.165, 1.54) is 0 Å². The van der Waals surface area contributed by atoms with E-state index in [9.17, 15) is 9.59 Å². The maximum Gasteiger partial charge on any atom is 0.238 e. The van der Waals surface area contributed by atoms with Crippen molar-refractivity contribution in [3.05, 3.63) is 65.2 Å². The molecule has 0 aromatic heterocycles. The molecule has 0 unspecified atom stereocenters. The summed E-state index contributed by atoms with van der Waals surface area (Å²) in [5.74, 6) is -0.376. The molecule has 0 aliphatic rings. The van der Waals surface area contributed by atoms with Crippen LogP contribution in [0.3, 0.4) is 0 Å². The van der Waals surface area contributed by atoms with Crippen LogP contribution in [0.25, 0.3) is 0 Å². The first-order valence-corrected chi connectivity index (χ1v) is 9.49. The number of carbonyl (C=O) groups excluding carboxylic acids is 2. The van der Waals surface area contributed by atoms with Crippen molar-refractivity contribution in [2.75, 3.05) is 38.2 Å². The molecule has 0 saturated heterocycles. The molecule has 0 aliphatic carbocycles. The van der Waals surface area contributed by atoms with E-state index >= 15 is 0 Å². The van der Waals surface area contributed by atoms with Crippen LogP contribution in [-0.2, 0) is 4.79 Å². The van der Waals surface area contributed by atoms with Gasteiger partial charge in [0.15, 0.2) is 5.78 Å². The lowest BCUT2D eigenvalue weighted by Gasteiger charge is -2.21. The number of aliphatic hydroxyl groups is 2. The van der Waals surface area contributed by atoms with Crippen LogP contribution in [0, 0.1) is 6.92 Å². The van der Waals surface area contributed by atoms with Crippen molar-refractivity contribution in [2.45, 2.75) is 19.8 Å². The number of ketones is 1. The molecule has 3 N–H and O–H groups in total. The Labute approximate surface area is 165 Å². The Kier molecular flexibility index (Phi) is 8.81. The van der Waals surface area contributed by atoms with Crippen molar-refractivity contribution < 1.29 is 19.8 Å². The largest absolute Gasteiger partial charge is 0.396 e. The molecule has 0 heterocycles. The van der Waals surface area contributed by atoms with E-state index in [1.54, 1.807) is 24.3 Å². The maximum atomic E-state index is 12.9. The van der Waals surface area contributed by atoms with Crippen molar-refractivity contribution >= 4 is 17.4 Å². The van der Waals surface area contributed by atoms with Crippen LogP contribution in [0.15, 0.2) is 48.5 Å². The van der Waals surface area contributed by atoms with Gasteiger partial charge in [-0.3, -0.25) is 14.5 Å². The Balaban J connectivity index is 2.14. The van der Waals surface area contributed by atoms with Crippen LogP contribution in [0.1, 0.15) is 34.3 Å². The molecule has 2 aromatic carbocycles. The number of benzene rings is 2. The molecule has 150 valence electrons. The number of aliphatic hydroxyl groups excluding tert-OH is 2. The van der Waals surface area contributed by atoms with E-state index < -0.39 is 0 Å². The summed E-state index contributed by atoms with van der Waals surface area (Å²) in [7, 11) is 0. The summed E-state index contributed by atoms with van der Waals surface area (Å²) < 4.78 is 0. The van der Waals surface area contributed by atoms with Gasteiger partial charge in [-0.25, -0.2) is 0 Å². The molecule has 0 aliphatic heterocycles. The zero-order chi connectivity index (χ0) is 20.4. The summed E-state index contributed by atoms with van der Waals surface area (Å²) in [6.45, 7) is 3.25. The van der Waals surface area contributed by atoms with Crippen LogP contribution in [0.2, 0.25) is 0 Å². The van der Waals surface area contributed by atoms with Crippen LogP contribution in [0.5, 0.6) is 0 Å². The lowest BCUT2D eigenvalue weighted by molar-refractivity contribution is -0.117. The molecular weight excluding hydrogens is 356 g/mol. The molecule has 1 amide bonds. The molecule has 0 fully saturated rings.